The molecule has 36 heavy (non-hydrogen) atoms. The van der Waals surface area contributed by atoms with Crippen LogP contribution >= 0.6 is 0 Å². The molecule has 3 saturated carbocycles. The normalized spacial score (nSPS) is 51.2. The van der Waals surface area contributed by atoms with Crippen molar-refractivity contribution >= 4 is 0 Å². The highest BCUT2D eigenvalue weighted by atomic mass is 19.3. The minimum absolute atomic E-state index is 0.112. The van der Waals surface area contributed by atoms with E-state index in [2.05, 4.69) is 4.74 Å². The topological polar surface area (TPSA) is 27.7 Å². The van der Waals surface area contributed by atoms with Crippen LogP contribution in [-0.4, -0.2) is 68.7 Å². The van der Waals surface area contributed by atoms with Crippen LogP contribution in [0.4, 0.5) is 35.1 Å². The summed E-state index contributed by atoms with van der Waals surface area (Å²) in [5.74, 6) is -5.26. The highest BCUT2D eigenvalue weighted by Gasteiger charge is 2.58. The molecule has 0 spiro atoms. The predicted octanol–water partition coefficient (Wildman–Crippen LogP) is 6.48. The molecular formula is C25H36F8O3. The second-order valence-electron chi connectivity index (χ2n) is 11.4. The summed E-state index contributed by atoms with van der Waals surface area (Å²) in [6.45, 7) is 4.10. The molecule has 0 bridgehead atoms. The van der Waals surface area contributed by atoms with Crippen molar-refractivity contribution in [3.63, 3.8) is 0 Å². The zero-order valence-corrected chi connectivity index (χ0v) is 20.5. The molecule has 0 aromatic carbocycles. The van der Waals surface area contributed by atoms with Crippen LogP contribution in [0.2, 0.25) is 0 Å². The highest BCUT2D eigenvalue weighted by Crippen LogP contribution is 2.50. The lowest BCUT2D eigenvalue weighted by molar-refractivity contribution is -0.330. The van der Waals surface area contributed by atoms with Crippen LogP contribution < -0.4 is 0 Å². The van der Waals surface area contributed by atoms with Crippen molar-refractivity contribution in [3.8, 4) is 0 Å². The van der Waals surface area contributed by atoms with Gasteiger partial charge in [-0.05, 0) is 43.9 Å². The molecule has 210 valence electrons. The van der Waals surface area contributed by atoms with Gasteiger partial charge in [0.1, 0.15) is 36.8 Å². The molecule has 1 saturated heterocycles. The first-order chi connectivity index (χ1) is 16.9. The van der Waals surface area contributed by atoms with Gasteiger partial charge in [0.2, 0.25) is 0 Å². The lowest BCUT2D eigenvalue weighted by Crippen LogP contribution is -2.54. The molecule has 0 amide bonds. The Labute approximate surface area is 206 Å². The molecule has 0 aromatic heterocycles. The maximum absolute atomic E-state index is 15.1. The zero-order valence-electron chi connectivity index (χ0n) is 20.5. The summed E-state index contributed by atoms with van der Waals surface area (Å²) in [5.41, 5.74) is 0. The zero-order chi connectivity index (χ0) is 26.4. The standard InChI is InChI=1S/C25H36F8O3/c1-11-9-34-24(35-10-11)13-3-4-15(16(26)5-13)14-6-17(27)21(18(28)7-14)25(32,33)36-20-8-19(29)23(31)22(30)12(20)2/h11-24H,3-10H2,1-2H3. The van der Waals surface area contributed by atoms with Gasteiger partial charge in [-0.15, -0.1) is 0 Å². The van der Waals surface area contributed by atoms with Crippen LogP contribution in [0.25, 0.3) is 0 Å². The Kier molecular flexibility index (Phi) is 8.82. The van der Waals surface area contributed by atoms with Crippen molar-refractivity contribution in [2.75, 3.05) is 13.2 Å². The molecule has 3 aliphatic carbocycles. The summed E-state index contributed by atoms with van der Waals surface area (Å²) in [6, 6.07) is 0. The molecular weight excluding hydrogens is 500 g/mol. The van der Waals surface area contributed by atoms with Gasteiger partial charge in [0.15, 0.2) is 12.5 Å². The largest absolute Gasteiger partial charge is 0.364 e. The van der Waals surface area contributed by atoms with E-state index in [0.717, 1.165) is 6.92 Å². The molecule has 4 rings (SSSR count). The number of ether oxygens (including phenoxy) is 3. The van der Waals surface area contributed by atoms with Crippen LogP contribution in [0.1, 0.15) is 52.4 Å². The Balaban J connectivity index is 1.34. The summed E-state index contributed by atoms with van der Waals surface area (Å²) in [6.07, 6.45) is -20.6. The number of alkyl halides is 8. The monoisotopic (exact) mass is 536 g/mol. The van der Waals surface area contributed by atoms with Crippen molar-refractivity contribution < 1.29 is 49.3 Å². The molecule has 0 aromatic rings. The number of hydrogen-bond donors (Lipinski definition) is 0. The predicted molar refractivity (Wildman–Crippen MR) is 115 cm³/mol. The van der Waals surface area contributed by atoms with Crippen molar-refractivity contribution in [1.29, 1.82) is 0 Å². The third-order valence-electron chi connectivity index (χ3n) is 8.67. The van der Waals surface area contributed by atoms with E-state index >= 15 is 13.2 Å². The first-order valence-electron chi connectivity index (χ1n) is 13.0. The summed E-state index contributed by atoms with van der Waals surface area (Å²) >= 11 is 0. The average Bonchev–Trinajstić information content (AvgIpc) is 2.80. The van der Waals surface area contributed by atoms with E-state index in [-0.39, 0.29) is 18.3 Å². The molecule has 4 aliphatic rings. The van der Waals surface area contributed by atoms with Gasteiger partial charge in [0.05, 0.1) is 19.3 Å². The maximum Gasteiger partial charge on any atom is 0.364 e. The molecule has 10 atom stereocenters. The quantitative estimate of drug-likeness (QED) is 0.377. The van der Waals surface area contributed by atoms with E-state index in [4.69, 9.17) is 9.47 Å². The van der Waals surface area contributed by atoms with E-state index in [9.17, 15) is 22.0 Å². The summed E-state index contributed by atoms with van der Waals surface area (Å²) < 4.78 is 132. The van der Waals surface area contributed by atoms with E-state index in [1.54, 1.807) is 0 Å². The lowest BCUT2D eigenvalue weighted by atomic mass is 9.67. The van der Waals surface area contributed by atoms with Gasteiger partial charge >= 0.3 is 6.11 Å². The fourth-order valence-electron chi connectivity index (χ4n) is 6.50. The fourth-order valence-corrected chi connectivity index (χ4v) is 6.50. The Morgan fingerprint density at radius 1 is 0.694 bits per heavy atom. The number of hydrogen-bond acceptors (Lipinski definition) is 3. The molecule has 1 heterocycles. The van der Waals surface area contributed by atoms with Crippen molar-refractivity contribution in [2.24, 2.45) is 35.5 Å². The van der Waals surface area contributed by atoms with E-state index in [1.807, 2.05) is 6.92 Å². The van der Waals surface area contributed by atoms with Crippen molar-refractivity contribution in [2.45, 2.75) is 108 Å². The van der Waals surface area contributed by atoms with Crippen LogP contribution in [0.5, 0.6) is 0 Å². The average molecular weight is 537 g/mol. The van der Waals surface area contributed by atoms with Gasteiger partial charge in [-0.1, -0.05) is 13.8 Å². The van der Waals surface area contributed by atoms with Gasteiger partial charge in [-0.25, -0.2) is 26.3 Å². The maximum atomic E-state index is 15.1. The van der Waals surface area contributed by atoms with E-state index < -0.39 is 98.5 Å². The van der Waals surface area contributed by atoms with E-state index in [0.29, 0.717) is 26.1 Å². The SMILES string of the molecule is CC1COC(C2CCC(C3CC(F)C(C(F)(F)OC4CC(F)C(F)C(F)C4C)C(F)C3)C(F)C2)OC1. The minimum Gasteiger partial charge on any atom is -0.352 e. The summed E-state index contributed by atoms with van der Waals surface area (Å²) in [5, 5.41) is 0. The molecule has 4 fully saturated rings. The smallest absolute Gasteiger partial charge is 0.352 e. The van der Waals surface area contributed by atoms with Gasteiger partial charge in [0.25, 0.3) is 0 Å². The Morgan fingerprint density at radius 3 is 1.86 bits per heavy atom. The van der Waals surface area contributed by atoms with Crippen LogP contribution in [-0.2, 0) is 14.2 Å². The second-order valence-corrected chi connectivity index (χ2v) is 11.4. The van der Waals surface area contributed by atoms with E-state index in [1.165, 1.54) is 0 Å². The minimum atomic E-state index is -4.36. The third-order valence-corrected chi connectivity index (χ3v) is 8.67. The van der Waals surface area contributed by atoms with Crippen molar-refractivity contribution in [1.82, 2.24) is 0 Å². The molecule has 0 radical (unpaired) electrons. The lowest BCUT2D eigenvalue weighted by Gasteiger charge is -2.45. The number of rotatable bonds is 5. The van der Waals surface area contributed by atoms with Crippen molar-refractivity contribution in [3.05, 3.63) is 0 Å². The van der Waals surface area contributed by atoms with Gasteiger partial charge in [-0.2, -0.15) is 8.78 Å². The first kappa shape index (κ1) is 28.3. The highest BCUT2D eigenvalue weighted by molar-refractivity contribution is 4.98. The van der Waals surface area contributed by atoms with Gasteiger partial charge in [0, 0.05) is 24.2 Å². The molecule has 1 aliphatic heterocycles. The first-order valence-corrected chi connectivity index (χ1v) is 13.0. The Bertz CT molecular complexity index is 711. The van der Waals surface area contributed by atoms with Gasteiger partial charge in [-0.3, -0.25) is 0 Å². The molecule has 0 N–H and O–H groups in total. The van der Waals surface area contributed by atoms with Crippen LogP contribution in [0, 0.1) is 35.5 Å². The molecule has 11 heteroatoms. The van der Waals surface area contributed by atoms with Crippen LogP contribution in [0.15, 0.2) is 0 Å². The molecule has 10 unspecified atom stereocenters. The van der Waals surface area contributed by atoms with Crippen LogP contribution in [0.3, 0.4) is 0 Å². The molecule has 3 nitrogen and oxygen atoms in total. The fraction of sp³-hybridized carbons (Fsp3) is 1.00. The Hall–Kier alpha value is -0.680. The number of halogens is 8. The summed E-state index contributed by atoms with van der Waals surface area (Å²) in [4.78, 5) is 0. The van der Waals surface area contributed by atoms with Gasteiger partial charge < -0.3 is 14.2 Å². The summed E-state index contributed by atoms with van der Waals surface area (Å²) in [7, 11) is 0. The third kappa shape index (κ3) is 5.82. The second kappa shape index (κ2) is 11.2. The Morgan fingerprint density at radius 2 is 1.28 bits per heavy atom.